The van der Waals surface area contributed by atoms with E-state index in [0.29, 0.717) is 12.5 Å². The molecule has 4 heterocycles. The number of fused-ring (bicyclic) bond motifs is 1. The van der Waals surface area contributed by atoms with E-state index in [4.69, 9.17) is 4.74 Å². The quantitative estimate of drug-likeness (QED) is 0.682. The fourth-order valence-corrected chi connectivity index (χ4v) is 4.05. The number of hydrogen-bond acceptors (Lipinski definition) is 5. The van der Waals surface area contributed by atoms with Crippen molar-refractivity contribution in [3.05, 3.63) is 70.7 Å². The highest BCUT2D eigenvalue weighted by Crippen LogP contribution is 2.20. The van der Waals surface area contributed by atoms with E-state index in [0.717, 1.165) is 38.5 Å². The summed E-state index contributed by atoms with van der Waals surface area (Å²) in [7, 11) is 0. The van der Waals surface area contributed by atoms with Gasteiger partial charge in [-0.2, -0.15) is 0 Å². The summed E-state index contributed by atoms with van der Waals surface area (Å²) in [5.74, 6) is 0.444. The Balaban J connectivity index is 1.40. The Morgan fingerprint density at radius 1 is 1.20 bits per heavy atom. The van der Waals surface area contributed by atoms with Gasteiger partial charge >= 0.3 is 0 Å². The summed E-state index contributed by atoms with van der Waals surface area (Å²) in [6.07, 6.45) is 5.74. The molecule has 0 saturated heterocycles. The lowest BCUT2D eigenvalue weighted by atomic mass is 10.1. The third-order valence-corrected chi connectivity index (χ3v) is 5.31. The molecule has 0 saturated carbocycles. The molecule has 0 N–H and O–H groups in total. The molecule has 0 bridgehead atoms. The largest absolute Gasteiger partial charge is 0.375 e. The van der Waals surface area contributed by atoms with Gasteiger partial charge in [0.25, 0.3) is 0 Å². The van der Waals surface area contributed by atoms with Gasteiger partial charge in [0.1, 0.15) is 0 Å². The number of imidazole rings is 1. The van der Waals surface area contributed by atoms with E-state index in [9.17, 15) is 0 Å². The first-order chi connectivity index (χ1) is 12.4. The van der Waals surface area contributed by atoms with Crippen LogP contribution in [0.4, 0.5) is 0 Å². The Morgan fingerprint density at radius 2 is 2.20 bits per heavy atom. The minimum Gasteiger partial charge on any atom is -0.375 e. The topological polar surface area (TPSA) is 43.2 Å². The maximum absolute atomic E-state index is 5.97. The summed E-state index contributed by atoms with van der Waals surface area (Å²) in [5.41, 5.74) is 2.26. The molecule has 0 aliphatic carbocycles. The van der Waals surface area contributed by atoms with Crippen molar-refractivity contribution in [2.24, 2.45) is 5.92 Å². The minimum absolute atomic E-state index is 0.444. The number of hydrogen-bond donors (Lipinski definition) is 0. The minimum atomic E-state index is 0.444. The van der Waals surface area contributed by atoms with Crippen molar-refractivity contribution >= 4 is 11.3 Å². The van der Waals surface area contributed by atoms with Crippen molar-refractivity contribution in [3.8, 4) is 0 Å². The van der Waals surface area contributed by atoms with Crippen LogP contribution in [0.25, 0.3) is 0 Å². The predicted octanol–water partition coefficient (Wildman–Crippen LogP) is 3.19. The van der Waals surface area contributed by atoms with E-state index in [-0.39, 0.29) is 0 Å². The summed E-state index contributed by atoms with van der Waals surface area (Å²) in [4.78, 5) is 12.6. The zero-order valence-corrected chi connectivity index (χ0v) is 14.9. The van der Waals surface area contributed by atoms with E-state index in [2.05, 4.69) is 36.9 Å². The average molecular weight is 354 g/mol. The van der Waals surface area contributed by atoms with Crippen LogP contribution in [0.15, 0.2) is 54.4 Å². The van der Waals surface area contributed by atoms with Gasteiger partial charge in [0.05, 0.1) is 30.9 Å². The molecule has 4 rings (SSSR count). The Hall–Kier alpha value is -2.02. The van der Waals surface area contributed by atoms with Crippen LogP contribution < -0.4 is 0 Å². The van der Waals surface area contributed by atoms with Gasteiger partial charge in [-0.15, -0.1) is 11.3 Å². The van der Waals surface area contributed by atoms with Crippen LogP contribution >= 0.6 is 11.3 Å². The van der Waals surface area contributed by atoms with Gasteiger partial charge in [0.15, 0.2) is 0 Å². The monoisotopic (exact) mass is 354 g/mol. The molecule has 0 amide bonds. The molecule has 0 fully saturated rings. The summed E-state index contributed by atoms with van der Waals surface area (Å²) >= 11 is 1.82. The van der Waals surface area contributed by atoms with E-state index in [1.807, 2.05) is 48.3 Å². The van der Waals surface area contributed by atoms with Crippen molar-refractivity contribution in [3.63, 3.8) is 0 Å². The van der Waals surface area contributed by atoms with E-state index < -0.39 is 0 Å². The lowest BCUT2D eigenvalue weighted by Crippen LogP contribution is -2.29. The molecular formula is C19H22N4OS. The molecule has 5 nitrogen and oxygen atoms in total. The number of pyridine rings is 1. The molecule has 1 unspecified atom stereocenters. The SMILES string of the molecule is c1ccc(COCC2CN(Cc3cccs3)Cc3cncn3C2)nc1. The Labute approximate surface area is 151 Å². The normalized spacial score (nSPS) is 18.0. The highest BCUT2D eigenvalue weighted by atomic mass is 32.1. The van der Waals surface area contributed by atoms with Gasteiger partial charge in [0.2, 0.25) is 0 Å². The lowest BCUT2D eigenvalue weighted by molar-refractivity contribution is 0.0650. The van der Waals surface area contributed by atoms with E-state index in [1.165, 1.54) is 10.6 Å². The molecule has 0 radical (unpaired) electrons. The highest BCUT2D eigenvalue weighted by Gasteiger charge is 2.22. The van der Waals surface area contributed by atoms with Crippen LogP contribution in [-0.4, -0.2) is 32.6 Å². The number of thiophene rings is 1. The number of nitrogens with zero attached hydrogens (tertiary/aromatic N) is 4. The number of ether oxygens (including phenoxy) is 1. The van der Waals surface area contributed by atoms with Gasteiger partial charge in [0, 0.05) is 49.4 Å². The highest BCUT2D eigenvalue weighted by molar-refractivity contribution is 7.09. The van der Waals surface area contributed by atoms with Crippen LogP contribution in [0.1, 0.15) is 16.3 Å². The lowest BCUT2D eigenvalue weighted by Gasteiger charge is -2.23. The Kier molecular flexibility index (Phi) is 5.20. The summed E-state index contributed by atoms with van der Waals surface area (Å²) in [6.45, 7) is 5.21. The van der Waals surface area contributed by atoms with Crippen LogP contribution in [0.5, 0.6) is 0 Å². The van der Waals surface area contributed by atoms with E-state index >= 15 is 0 Å². The maximum atomic E-state index is 5.97. The summed E-state index contributed by atoms with van der Waals surface area (Å²) < 4.78 is 8.24. The van der Waals surface area contributed by atoms with Gasteiger partial charge in [-0.25, -0.2) is 4.98 Å². The van der Waals surface area contributed by atoms with Crippen LogP contribution in [0.2, 0.25) is 0 Å². The summed E-state index contributed by atoms with van der Waals surface area (Å²) in [6, 6.07) is 10.3. The summed E-state index contributed by atoms with van der Waals surface area (Å²) in [5, 5.41) is 2.14. The molecule has 25 heavy (non-hydrogen) atoms. The smallest absolute Gasteiger partial charge is 0.0948 e. The van der Waals surface area contributed by atoms with Gasteiger partial charge in [-0.1, -0.05) is 12.1 Å². The molecule has 0 aromatic carbocycles. The Morgan fingerprint density at radius 3 is 3.04 bits per heavy atom. The average Bonchev–Trinajstić information content (AvgIpc) is 3.25. The standard InChI is InChI=1S/C19H22N4OS/c1-2-6-21-17(4-1)14-24-13-16-9-22(12-19-5-3-7-25-19)11-18-8-20-15-23(18)10-16/h1-8,15-16H,9-14H2. The predicted molar refractivity (Wildman–Crippen MR) is 98.0 cm³/mol. The molecule has 3 aromatic heterocycles. The van der Waals surface area contributed by atoms with Crippen molar-refractivity contribution < 1.29 is 4.74 Å². The van der Waals surface area contributed by atoms with E-state index in [1.54, 1.807) is 0 Å². The molecule has 1 aliphatic heterocycles. The first-order valence-electron chi connectivity index (χ1n) is 8.58. The second-order valence-corrected chi connectivity index (χ2v) is 7.52. The second kappa shape index (κ2) is 7.91. The van der Waals surface area contributed by atoms with Crippen LogP contribution in [0.3, 0.4) is 0 Å². The van der Waals surface area contributed by atoms with Gasteiger partial charge in [-0.3, -0.25) is 9.88 Å². The molecular weight excluding hydrogens is 332 g/mol. The molecule has 130 valence electrons. The Bertz CT molecular complexity index is 772. The molecule has 3 aromatic rings. The molecule has 1 aliphatic rings. The fourth-order valence-electron chi connectivity index (χ4n) is 3.30. The van der Waals surface area contributed by atoms with Crippen LogP contribution in [0, 0.1) is 5.92 Å². The second-order valence-electron chi connectivity index (χ2n) is 6.49. The fraction of sp³-hybridized carbons (Fsp3) is 0.368. The number of aromatic nitrogens is 3. The third kappa shape index (κ3) is 4.34. The third-order valence-electron chi connectivity index (χ3n) is 4.44. The molecule has 1 atom stereocenters. The molecule has 6 heteroatoms. The maximum Gasteiger partial charge on any atom is 0.0948 e. The van der Waals surface area contributed by atoms with Crippen molar-refractivity contribution in [1.29, 1.82) is 0 Å². The van der Waals surface area contributed by atoms with Crippen LogP contribution in [-0.2, 0) is 31.0 Å². The van der Waals surface area contributed by atoms with Gasteiger partial charge < -0.3 is 9.30 Å². The van der Waals surface area contributed by atoms with Crippen molar-refractivity contribution in [1.82, 2.24) is 19.4 Å². The van der Waals surface area contributed by atoms with Gasteiger partial charge in [-0.05, 0) is 23.6 Å². The first-order valence-corrected chi connectivity index (χ1v) is 9.46. The van der Waals surface area contributed by atoms with Crippen molar-refractivity contribution in [2.75, 3.05) is 13.2 Å². The first kappa shape index (κ1) is 16.4. The molecule has 0 spiro atoms. The van der Waals surface area contributed by atoms with Crippen molar-refractivity contribution in [2.45, 2.75) is 26.2 Å². The zero-order chi connectivity index (χ0) is 16.9. The zero-order valence-electron chi connectivity index (χ0n) is 14.1. The number of rotatable bonds is 6.